The van der Waals surface area contributed by atoms with Crippen LogP contribution < -0.4 is 5.32 Å². The molecule has 114 valence electrons. The van der Waals surface area contributed by atoms with E-state index < -0.39 is 0 Å². The van der Waals surface area contributed by atoms with Gasteiger partial charge in [-0.05, 0) is 50.4 Å². The van der Waals surface area contributed by atoms with Crippen LogP contribution in [0.4, 0.5) is 5.69 Å². The second-order valence-corrected chi connectivity index (χ2v) is 6.90. The molecule has 2 N–H and O–H groups in total. The molecular formula is C17H25N3O. The van der Waals surface area contributed by atoms with Gasteiger partial charge in [-0.1, -0.05) is 18.2 Å². The molecule has 2 saturated heterocycles. The fourth-order valence-corrected chi connectivity index (χ4v) is 4.44. The monoisotopic (exact) mass is 287 g/mol. The van der Waals surface area contributed by atoms with Gasteiger partial charge in [0.15, 0.2) is 0 Å². The Morgan fingerprint density at radius 3 is 2.52 bits per heavy atom. The number of hydrogen-bond donors (Lipinski definition) is 2. The molecule has 1 aromatic rings. The van der Waals surface area contributed by atoms with Crippen LogP contribution in [0, 0.1) is 0 Å². The van der Waals surface area contributed by atoms with Crippen LogP contribution in [0.1, 0.15) is 31.2 Å². The van der Waals surface area contributed by atoms with Crippen molar-refractivity contribution >= 4 is 5.69 Å². The third-order valence-corrected chi connectivity index (χ3v) is 5.83. The summed E-state index contributed by atoms with van der Waals surface area (Å²) >= 11 is 0. The van der Waals surface area contributed by atoms with Crippen LogP contribution in [-0.4, -0.2) is 53.9 Å². The van der Waals surface area contributed by atoms with Crippen molar-refractivity contribution in [1.29, 1.82) is 0 Å². The summed E-state index contributed by atoms with van der Waals surface area (Å²) in [4.78, 5) is 2.67. The van der Waals surface area contributed by atoms with Crippen molar-refractivity contribution in [3.63, 3.8) is 0 Å². The second kappa shape index (κ2) is 5.27. The zero-order valence-electron chi connectivity index (χ0n) is 12.6. The smallest absolute Gasteiger partial charge is 0.0379 e. The predicted octanol–water partition coefficient (Wildman–Crippen LogP) is 2.30. The van der Waals surface area contributed by atoms with Gasteiger partial charge in [-0.3, -0.25) is 0 Å². The van der Waals surface area contributed by atoms with E-state index in [9.17, 15) is 5.21 Å². The second-order valence-electron chi connectivity index (χ2n) is 6.90. The van der Waals surface area contributed by atoms with E-state index in [0.29, 0.717) is 11.5 Å². The van der Waals surface area contributed by atoms with Crippen LogP contribution >= 0.6 is 0 Å². The fraction of sp³-hybridized carbons (Fsp3) is 0.647. The third-order valence-electron chi connectivity index (χ3n) is 5.83. The van der Waals surface area contributed by atoms with Crippen molar-refractivity contribution in [2.24, 2.45) is 0 Å². The van der Waals surface area contributed by atoms with Gasteiger partial charge in [0.1, 0.15) is 0 Å². The van der Waals surface area contributed by atoms with Crippen molar-refractivity contribution in [2.45, 2.75) is 37.1 Å². The molecule has 3 heterocycles. The average molecular weight is 287 g/mol. The molecule has 0 saturated carbocycles. The minimum absolute atomic E-state index is 0.366. The summed E-state index contributed by atoms with van der Waals surface area (Å²) in [5, 5.41) is 14.6. The zero-order valence-corrected chi connectivity index (χ0v) is 12.6. The number of anilines is 1. The molecular weight excluding hydrogens is 262 g/mol. The SMILES string of the molecule is ON1CCC(N2CCC3(CC2)CNc2ccccc23)CC1. The van der Waals surface area contributed by atoms with Crippen molar-refractivity contribution in [1.82, 2.24) is 9.96 Å². The molecule has 1 spiro atoms. The topological polar surface area (TPSA) is 38.7 Å². The van der Waals surface area contributed by atoms with Gasteiger partial charge in [0.05, 0.1) is 0 Å². The van der Waals surface area contributed by atoms with Crippen molar-refractivity contribution in [2.75, 3.05) is 38.0 Å². The molecule has 1 aromatic carbocycles. The average Bonchev–Trinajstić information content (AvgIpc) is 2.88. The van der Waals surface area contributed by atoms with Gasteiger partial charge in [-0.15, -0.1) is 0 Å². The number of benzene rings is 1. The van der Waals surface area contributed by atoms with E-state index in [1.807, 2.05) is 0 Å². The normalized spacial score (nSPS) is 26.7. The van der Waals surface area contributed by atoms with Crippen molar-refractivity contribution in [3.8, 4) is 0 Å². The van der Waals surface area contributed by atoms with Crippen molar-refractivity contribution in [3.05, 3.63) is 29.8 Å². The Kier molecular flexibility index (Phi) is 3.40. The first-order chi connectivity index (χ1) is 10.3. The van der Waals surface area contributed by atoms with Crippen LogP contribution in [0.15, 0.2) is 24.3 Å². The van der Waals surface area contributed by atoms with Gasteiger partial charge in [0.2, 0.25) is 0 Å². The molecule has 3 aliphatic heterocycles. The van der Waals surface area contributed by atoms with E-state index in [1.54, 1.807) is 0 Å². The summed E-state index contributed by atoms with van der Waals surface area (Å²) in [6, 6.07) is 9.51. The molecule has 4 heteroatoms. The van der Waals surface area contributed by atoms with Gasteiger partial charge in [0.25, 0.3) is 0 Å². The highest BCUT2D eigenvalue weighted by atomic mass is 16.5. The minimum atomic E-state index is 0.366. The van der Waals surface area contributed by atoms with E-state index in [2.05, 4.69) is 34.5 Å². The molecule has 0 bridgehead atoms. The van der Waals surface area contributed by atoms with Crippen LogP contribution in [0.2, 0.25) is 0 Å². The molecule has 0 amide bonds. The molecule has 0 radical (unpaired) electrons. The van der Waals surface area contributed by atoms with E-state index in [1.165, 1.54) is 42.2 Å². The Hall–Kier alpha value is -1.10. The number of nitrogens with zero attached hydrogens (tertiary/aromatic N) is 2. The third kappa shape index (κ3) is 2.35. The molecule has 2 fully saturated rings. The number of nitrogens with one attached hydrogen (secondary N) is 1. The lowest BCUT2D eigenvalue weighted by molar-refractivity contribution is -0.117. The number of piperidine rings is 2. The highest BCUT2D eigenvalue weighted by Gasteiger charge is 2.42. The maximum atomic E-state index is 9.51. The number of hydrogen-bond acceptors (Lipinski definition) is 4. The lowest BCUT2D eigenvalue weighted by Crippen LogP contribution is -2.50. The van der Waals surface area contributed by atoms with Gasteiger partial charge in [0, 0.05) is 36.8 Å². The molecule has 21 heavy (non-hydrogen) atoms. The number of para-hydroxylation sites is 1. The van der Waals surface area contributed by atoms with Gasteiger partial charge in [-0.25, -0.2) is 0 Å². The quantitative estimate of drug-likeness (QED) is 0.831. The molecule has 0 atom stereocenters. The van der Waals surface area contributed by atoms with E-state index in [-0.39, 0.29) is 0 Å². The van der Waals surface area contributed by atoms with Gasteiger partial charge < -0.3 is 15.4 Å². The van der Waals surface area contributed by atoms with Gasteiger partial charge >= 0.3 is 0 Å². The summed E-state index contributed by atoms with van der Waals surface area (Å²) in [5.74, 6) is 0. The summed E-state index contributed by atoms with van der Waals surface area (Å²) in [6.45, 7) is 5.17. The first-order valence-corrected chi connectivity index (χ1v) is 8.28. The number of likely N-dealkylation sites (tertiary alicyclic amines) is 1. The Morgan fingerprint density at radius 2 is 1.76 bits per heavy atom. The fourth-order valence-electron chi connectivity index (χ4n) is 4.44. The van der Waals surface area contributed by atoms with Crippen LogP contribution in [-0.2, 0) is 5.41 Å². The van der Waals surface area contributed by atoms with Gasteiger partial charge in [-0.2, -0.15) is 5.06 Å². The van der Waals surface area contributed by atoms with Crippen LogP contribution in [0.5, 0.6) is 0 Å². The Labute approximate surface area is 126 Å². The Balaban J connectivity index is 1.43. The minimum Gasteiger partial charge on any atom is -0.384 e. The molecule has 0 unspecified atom stereocenters. The summed E-state index contributed by atoms with van der Waals surface area (Å²) in [7, 11) is 0. The van der Waals surface area contributed by atoms with E-state index in [4.69, 9.17) is 0 Å². The standard InChI is InChI=1S/C17H25N3O/c21-20-9-5-14(6-10-20)19-11-7-17(8-12-19)13-18-16-4-2-1-3-15(16)17/h1-4,14,18,21H,5-13H2. The lowest BCUT2D eigenvalue weighted by Gasteiger charge is -2.44. The molecule has 3 aliphatic rings. The first kappa shape index (κ1) is 13.6. The lowest BCUT2D eigenvalue weighted by atomic mass is 9.74. The maximum absolute atomic E-state index is 9.51. The van der Waals surface area contributed by atoms with Crippen LogP contribution in [0.25, 0.3) is 0 Å². The highest BCUT2D eigenvalue weighted by Crippen LogP contribution is 2.44. The van der Waals surface area contributed by atoms with Crippen LogP contribution in [0.3, 0.4) is 0 Å². The molecule has 0 aromatic heterocycles. The molecule has 0 aliphatic carbocycles. The molecule has 4 nitrogen and oxygen atoms in total. The summed E-state index contributed by atoms with van der Waals surface area (Å²) in [6.07, 6.45) is 4.74. The maximum Gasteiger partial charge on any atom is 0.0379 e. The largest absolute Gasteiger partial charge is 0.384 e. The van der Waals surface area contributed by atoms with E-state index >= 15 is 0 Å². The Bertz CT molecular complexity index is 503. The van der Waals surface area contributed by atoms with Crippen molar-refractivity contribution < 1.29 is 5.21 Å². The Morgan fingerprint density at radius 1 is 1.05 bits per heavy atom. The number of hydroxylamine groups is 2. The predicted molar refractivity (Wildman–Crippen MR) is 83.8 cm³/mol. The first-order valence-electron chi connectivity index (χ1n) is 8.28. The number of fused-ring (bicyclic) bond motifs is 2. The number of rotatable bonds is 1. The highest BCUT2D eigenvalue weighted by molar-refractivity contribution is 5.60. The molecule has 4 rings (SSSR count). The summed E-state index contributed by atoms with van der Waals surface area (Å²) < 4.78 is 0. The summed E-state index contributed by atoms with van der Waals surface area (Å²) in [5.41, 5.74) is 3.25. The van der Waals surface area contributed by atoms with E-state index in [0.717, 1.165) is 32.5 Å². The zero-order chi connectivity index (χ0) is 14.3.